The van der Waals surface area contributed by atoms with Gasteiger partial charge in [0.05, 0.1) is 12.1 Å². The van der Waals surface area contributed by atoms with E-state index in [1.54, 1.807) is 0 Å². The van der Waals surface area contributed by atoms with Crippen LogP contribution in [0.3, 0.4) is 0 Å². The van der Waals surface area contributed by atoms with Crippen LogP contribution in [0, 0.1) is 5.92 Å². The second kappa shape index (κ2) is 4.90. The average Bonchev–Trinajstić information content (AvgIpc) is 2.91. The zero-order valence-corrected chi connectivity index (χ0v) is 13.0. The van der Waals surface area contributed by atoms with Gasteiger partial charge in [-0.25, -0.2) is 4.79 Å². The standard InChI is InChI=1S/C18H23NO2/c1-5-8-12-11-15-13-9-6-7-10-14(13)16(12)19(15)17(20)21-18(2,3)4/h5-7,9-10,12,15-16H,1,8,11H2,2-4H3. The van der Waals surface area contributed by atoms with E-state index in [9.17, 15) is 4.79 Å². The maximum atomic E-state index is 12.6. The van der Waals surface area contributed by atoms with Gasteiger partial charge in [-0.2, -0.15) is 0 Å². The Kier molecular flexibility index (Phi) is 3.31. The highest BCUT2D eigenvalue weighted by molar-refractivity contribution is 5.72. The fourth-order valence-electron chi connectivity index (χ4n) is 3.71. The Morgan fingerprint density at radius 3 is 2.67 bits per heavy atom. The Morgan fingerprint density at radius 2 is 2.05 bits per heavy atom. The van der Waals surface area contributed by atoms with Crippen LogP contribution in [0.25, 0.3) is 0 Å². The Morgan fingerprint density at radius 1 is 1.38 bits per heavy atom. The largest absolute Gasteiger partial charge is 0.444 e. The molecule has 0 aromatic heterocycles. The molecule has 112 valence electrons. The molecule has 3 atom stereocenters. The summed E-state index contributed by atoms with van der Waals surface area (Å²) in [5.41, 5.74) is 2.11. The van der Waals surface area contributed by atoms with Gasteiger partial charge in [0, 0.05) is 0 Å². The van der Waals surface area contributed by atoms with Crippen molar-refractivity contribution in [1.29, 1.82) is 0 Å². The number of amides is 1. The molecule has 1 aromatic rings. The van der Waals surface area contributed by atoms with Crippen molar-refractivity contribution in [3.63, 3.8) is 0 Å². The minimum Gasteiger partial charge on any atom is -0.444 e. The van der Waals surface area contributed by atoms with E-state index in [-0.39, 0.29) is 18.2 Å². The van der Waals surface area contributed by atoms with E-state index in [0.717, 1.165) is 12.8 Å². The van der Waals surface area contributed by atoms with Crippen molar-refractivity contribution in [3.05, 3.63) is 48.0 Å². The molecule has 1 fully saturated rings. The molecule has 3 unspecified atom stereocenters. The van der Waals surface area contributed by atoms with Gasteiger partial charge in [0.1, 0.15) is 5.60 Å². The number of rotatable bonds is 2. The van der Waals surface area contributed by atoms with Gasteiger partial charge in [0.25, 0.3) is 0 Å². The molecule has 3 rings (SSSR count). The van der Waals surface area contributed by atoms with Gasteiger partial charge >= 0.3 is 6.09 Å². The molecule has 2 heterocycles. The normalized spacial score (nSPS) is 26.6. The summed E-state index contributed by atoms with van der Waals surface area (Å²) in [7, 11) is 0. The van der Waals surface area contributed by atoms with E-state index in [1.807, 2.05) is 31.7 Å². The number of hydrogen-bond donors (Lipinski definition) is 0. The third kappa shape index (κ3) is 2.35. The molecule has 0 saturated carbocycles. The van der Waals surface area contributed by atoms with E-state index < -0.39 is 5.60 Å². The molecule has 21 heavy (non-hydrogen) atoms. The maximum Gasteiger partial charge on any atom is 0.411 e. The second-order valence-corrected chi connectivity index (χ2v) is 7.00. The van der Waals surface area contributed by atoms with E-state index in [4.69, 9.17) is 4.74 Å². The smallest absolute Gasteiger partial charge is 0.411 e. The number of ether oxygens (including phenoxy) is 1. The lowest BCUT2D eigenvalue weighted by Gasteiger charge is -2.28. The van der Waals surface area contributed by atoms with Gasteiger partial charge < -0.3 is 4.74 Å². The molecule has 3 heteroatoms. The summed E-state index contributed by atoms with van der Waals surface area (Å²) in [5.74, 6) is 0.454. The van der Waals surface area contributed by atoms with E-state index in [1.165, 1.54) is 11.1 Å². The van der Waals surface area contributed by atoms with Crippen molar-refractivity contribution >= 4 is 6.09 Å². The first-order chi connectivity index (χ1) is 9.92. The zero-order valence-electron chi connectivity index (χ0n) is 13.0. The van der Waals surface area contributed by atoms with Crippen LogP contribution in [0.15, 0.2) is 36.9 Å². The minimum absolute atomic E-state index is 0.138. The highest BCUT2D eigenvalue weighted by Gasteiger charge is 2.52. The van der Waals surface area contributed by atoms with Crippen LogP contribution >= 0.6 is 0 Å². The van der Waals surface area contributed by atoms with Crippen LogP contribution in [-0.2, 0) is 4.74 Å². The van der Waals surface area contributed by atoms with Crippen LogP contribution in [0.5, 0.6) is 0 Å². The first-order valence-electron chi connectivity index (χ1n) is 7.63. The molecule has 0 aliphatic carbocycles. The van der Waals surface area contributed by atoms with Crippen molar-refractivity contribution < 1.29 is 9.53 Å². The number of nitrogens with zero attached hydrogens (tertiary/aromatic N) is 1. The summed E-state index contributed by atoms with van der Waals surface area (Å²) >= 11 is 0. The van der Waals surface area contributed by atoms with Crippen molar-refractivity contribution in [2.45, 2.75) is 51.3 Å². The number of allylic oxidation sites excluding steroid dienone is 1. The predicted molar refractivity (Wildman–Crippen MR) is 82.9 cm³/mol. The first kappa shape index (κ1) is 14.2. The Bertz CT molecular complexity index is 573. The molecular formula is C18H23NO2. The summed E-state index contributed by atoms with van der Waals surface area (Å²) in [5, 5.41) is 0. The van der Waals surface area contributed by atoms with Gasteiger partial charge in [0.2, 0.25) is 0 Å². The van der Waals surface area contributed by atoms with Gasteiger partial charge in [0.15, 0.2) is 0 Å². The third-order valence-corrected chi connectivity index (χ3v) is 4.36. The van der Waals surface area contributed by atoms with E-state index >= 15 is 0 Å². The summed E-state index contributed by atoms with van der Waals surface area (Å²) in [6.07, 6.45) is 3.71. The van der Waals surface area contributed by atoms with Crippen molar-refractivity contribution in [2.75, 3.05) is 0 Å². The second-order valence-electron chi connectivity index (χ2n) is 7.00. The molecule has 0 spiro atoms. The zero-order chi connectivity index (χ0) is 15.2. The SMILES string of the molecule is C=CCC1CC2c3ccccc3C1N2C(=O)OC(C)(C)C. The maximum absolute atomic E-state index is 12.6. The lowest BCUT2D eigenvalue weighted by atomic mass is 9.82. The molecule has 3 nitrogen and oxygen atoms in total. The van der Waals surface area contributed by atoms with Crippen molar-refractivity contribution in [2.24, 2.45) is 5.92 Å². The molecule has 0 N–H and O–H groups in total. The van der Waals surface area contributed by atoms with Crippen LogP contribution < -0.4 is 0 Å². The van der Waals surface area contributed by atoms with E-state index in [2.05, 4.69) is 30.8 Å². The molecule has 1 aromatic carbocycles. The Hall–Kier alpha value is -1.77. The third-order valence-electron chi connectivity index (χ3n) is 4.36. The number of hydrogen-bond acceptors (Lipinski definition) is 2. The lowest BCUT2D eigenvalue weighted by Crippen LogP contribution is -2.35. The van der Waals surface area contributed by atoms with Gasteiger partial charge in [-0.05, 0) is 50.7 Å². The summed E-state index contributed by atoms with van der Waals surface area (Å²) < 4.78 is 5.62. The number of benzene rings is 1. The van der Waals surface area contributed by atoms with Crippen LogP contribution in [0.1, 0.15) is 56.8 Å². The minimum atomic E-state index is -0.459. The molecule has 2 bridgehead atoms. The summed E-state index contributed by atoms with van der Waals surface area (Å²) in [6.45, 7) is 9.60. The van der Waals surface area contributed by atoms with Crippen LogP contribution in [0.4, 0.5) is 4.79 Å². The molecule has 2 aliphatic heterocycles. The van der Waals surface area contributed by atoms with Crippen molar-refractivity contribution in [3.8, 4) is 0 Å². The molecule has 1 amide bonds. The molecule has 2 aliphatic rings. The topological polar surface area (TPSA) is 29.5 Å². The van der Waals surface area contributed by atoms with E-state index in [0.29, 0.717) is 5.92 Å². The van der Waals surface area contributed by atoms with Crippen LogP contribution in [-0.4, -0.2) is 16.6 Å². The molecule has 0 radical (unpaired) electrons. The highest BCUT2D eigenvalue weighted by atomic mass is 16.6. The number of carbonyl (C=O) groups is 1. The van der Waals surface area contributed by atoms with Gasteiger partial charge in [-0.1, -0.05) is 30.3 Å². The monoisotopic (exact) mass is 285 g/mol. The average molecular weight is 285 g/mol. The van der Waals surface area contributed by atoms with Gasteiger partial charge in [-0.3, -0.25) is 4.90 Å². The number of fused-ring (bicyclic) bond motifs is 5. The number of carbonyl (C=O) groups excluding carboxylic acids is 1. The quantitative estimate of drug-likeness (QED) is 0.742. The fourth-order valence-corrected chi connectivity index (χ4v) is 3.71. The fraction of sp³-hybridized carbons (Fsp3) is 0.500. The van der Waals surface area contributed by atoms with Gasteiger partial charge in [-0.15, -0.1) is 6.58 Å². The Labute approximate surface area is 126 Å². The van der Waals surface area contributed by atoms with Crippen LogP contribution in [0.2, 0.25) is 0 Å². The molecule has 1 saturated heterocycles. The molecular weight excluding hydrogens is 262 g/mol. The Balaban J connectivity index is 1.93. The highest BCUT2D eigenvalue weighted by Crippen LogP contribution is 2.57. The summed E-state index contributed by atoms with van der Waals surface area (Å²) in [6, 6.07) is 8.69. The van der Waals surface area contributed by atoms with Crippen molar-refractivity contribution in [1.82, 2.24) is 4.90 Å². The lowest BCUT2D eigenvalue weighted by molar-refractivity contribution is 0.0163. The summed E-state index contributed by atoms with van der Waals surface area (Å²) in [4.78, 5) is 14.6. The predicted octanol–water partition coefficient (Wildman–Crippen LogP) is 4.62. The first-order valence-corrected chi connectivity index (χ1v) is 7.63.